The number of pyridine rings is 1. The molecule has 1 aromatic heterocycles. The second kappa shape index (κ2) is 5.01. The van der Waals surface area contributed by atoms with E-state index >= 15 is 0 Å². The van der Waals surface area contributed by atoms with E-state index in [0.29, 0.717) is 0 Å². The van der Waals surface area contributed by atoms with Crippen molar-refractivity contribution in [1.82, 2.24) is 4.98 Å². The molecule has 18 heavy (non-hydrogen) atoms. The maximum Gasteiger partial charge on any atom is 0.335 e. The van der Waals surface area contributed by atoms with Gasteiger partial charge < -0.3 is 9.84 Å². The van der Waals surface area contributed by atoms with Gasteiger partial charge in [0, 0.05) is 6.20 Å². The van der Waals surface area contributed by atoms with Gasteiger partial charge >= 0.3 is 5.97 Å². The zero-order valence-corrected chi connectivity index (χ0v) is 9.69. The molecule has 0 aliphatic carbocycles. The van der Waals surface area contributed by atoms with Crippen LogP contribution in [0.5, 0.6) is 11.6 Å². The quantitative estimate of drug-likeness (QED) is 0.926. The first kappa shape index (κ1) is 12.3. The number of benzene rings is 1. The Morgan fingerprint density at radius 2 is 2.17 bits per heavy atom. The van der Waals surface area contributed by atoms with Crippen LogP contribution in [0, 0.1) is 5.82 Å². The summed E-state index contributed by atoms with van der Waals surface area (Å²) in [6, 6.07) is 6.50. The van der Waals surface area contributed by atoms with E-state index in [1.807, 2.05) is 0 Å². The van der Waals surface area contributed by atoms with Gasteiger partial charge in [-0.2, -0.15) is 0 Å². The minimum atomic E-state index is -1.10. The van der Waals surface area contributed by atoms with Crippen LogP contribution in [0.2, 0.25) is 5.02 Å². The van der Waals surface area contributed by atoms with Crippen molar-refractivity contribution < 1.29 is 19.0 Å². The molecule has 2 rings (SSSR count). The van der Waals surface area contributed by atoms with Gasteiger partial charge in [-0.05, 0) is 30.3 Å². The van der Waals surface area contributed by atoms with E-state index < -0.39 is 11.8 Å². The van der Waals surface area contributed by atoms with Gasteiger partial charge in [0.2, 0.25) is 0 Å². The molecule has 0 bridgehead atoms. The molecule has 0 fully saturated rings. The number of hydrogen-bond donors (Lipinski definition) is 1. The van der Waals surface area contributed by atoms with Crippen molar-refractivity contribution in [2.24, 2.45) is 0 Å². The molecule has 0 aliphatic rings. The lowest BCUT2D eigenvalue weighted by atomic mass is 10.2. The second-order valence-corrected chi connectivity index (χ2v) is 3.75. The van der Waals surface area contributed by atoms with Gasteiger partial charge in [0.05, 0.1) is 10.6 Å². The molecule has 4 nitrogen and oxygen atoms in total. The van der Waals surface area contributed by atoms with Crippen LogP contribution >= 0.6 is 11.6 Å². The molecule has 0 aliphatic heterocycles. The number of carboxylic acids is 1. The molecule has 1 aromatic carbocycles. The van der Waals surface area contributed by atoms with E-state index in [1.54, 1.807) is 0 Å². The molecule has 0 unspecified atom stereocenters. The molecule has 1 heterocycles. The lowest BCUT2D eigenvalue weighted by Gasteiger charge is -2.07. The maximum absolute atomic E-state index is 13.3. The highest BCUT2D eigenvalue weighted by Gasteiger charge is 2.11. The molecule has 0 saturated heterocycles. The number of carboxylic acid groups (broad SMARTS) is 1. The Morgan fingerprint density at radius 1 is 1.39 bits per heavy atom. The number of aromatic carboxylic acids is 1. The Morgan fingerprint density at radius 3 is 2.78 bits per heavy atom. The first-order valence-corrected chi connectivity index (χ1v) is 5.27. The van der Waals surface area contributed by atoms with Crippen molar-refractivity contribution in [3.63, 3.8) is 0 Å². The summed E-state index contributed by atoms with van der Waals surface area (Å²) in [4.78, 5) is 14.4. The fourth-order valence-corrected chi connectivity index (χ4v) is 1.49. The summed E-state index contributed by atoms with van der Waals surface area (Å²) in [5.74, 6) is -1.81. The van der Waals surface area contributed by atoms with Crippen molar-refractivity contribution in [3.8, 4) is 11.6 Å². The van der Waals surface area contributed by atoms with Gasteiger partial charge in [-0.3, -0.25) is 0 Å². The number of hydrogen-bond acceptors (Lipinski definition) is 3. The van der Waals surface area contributed by atoms with E-state index in [1.165, 1.54) is 36.5 Å². The van der Waals surface area contributed by atoms with Crippen LogP contribution in [0.3, 0.4) is 0 Å². The topological polar surface area (TPSA) is 59.4 Å². The molecular formula is C12H7ClFNO3. The highest BCUT2D eigenvalue weighted by atomic mass is 35.5. The third-order valence-electron chi connectivity index (χ3n) is 2.11. The monoisotopic (exact) mass is 267 g/mol. The summed E-state index contributed by atoms with van der Waals surface area (Å²) >= 11 is 5.84. The Labute approximate surface area is 107 Å². The molecule has 0 spiro atoms. The van der Waals surface area contributed by atoms with Crippen LogP contribution in [-0.2, 0) is 0 Å². The number of rotatable bonds is 3. The summed E-state index contributed by atoms with van der Waals surface area (Å²) in [5, 5.41) is 8.83. The van der Waals surface area contributed by atoms with Crippen molar-refractivity contribution in [3.05, 3.63) is 52.9 Å². The van der Waals surface area contributed by atoms with Crippen molar-refractivity contribution in [2.75, 3.05) is 0 Å². The van der Waals surface area contributed by atoms with Gasteiger partial charge in [0.15, 0.2) is 5.82 Å². The third kappa shape index (κ3) is 2.57. The minimum absolute atomic E-state index is 0.0221. The lowest BCUT2D eigenvalue weighted by Crippen LogP contribution is -1.97. The highest BCUT2D eigenvalue weighted by molar-refractivity contribution is 6.32. The summed E-state index contributed by atoms with van der Waals surface area (Å²) in [7, 11) is 0. The molecule has 0 radical (unpaired) electrons. The van der Waals surface area contributed by atoms with Crippen LogP contribution in [0.25, 0.3) is 0 Å². The number of ether oxygens (including phenoxy) is 1. The van der Waals surface area contributed by atoms with E-state index in [-0.39, 0.29) is 22.2 Å². The predicted octanol–water partition coefficient (Wildman–Crippen LogP) is 3.36. The SMILES string of the molecule is O=C(O)c1ccc(Oc2ncccc2F)c(Cl)c1. The number of halogens is 2. The Balaban J connectivity index is 2.30. The van der Waals surface area contributed by atoms with Crippen molar-refractivity contribution >= 4 is 17.6 Å². The van der Waals surface area contributed by atoms with Gasteiger partial charge in [-0.1, -0.05) is 11.6 Å². The summed E-state index contributed by atoms with van der Waals surface area (Å²) < 4.78 is 18.5. The molecule has 2 aromatic rings. The van der Waals surface area contributed by atoms with Gasteiger partial charge in [-0.15, -0.1) is 0 Å². The zero-order chi connectivity index (χ0) is 13.1. The predicted molar refractivity (Wildman–Crippen MR) is 62.7 cm³/mol. The minimum Gasteiger partial charge on any atom is -0.478 e. The Hall–Kier alpha value is -2.14. The van der Waals surface area contributed by atoms with Crippen LogP contribution in [0.15, 0.2) is 36.5 Å². The van der Waals surface area contributed by atoms with Gasteiger partial charge in [0.25, 0.3) is 5.88 Å². The summed E-state index contributed by atoms with van der Waals surface area (Å²) in [6.45, 7) is 0. The summed E-state index contributed by atoms with van der Waals surface area (Å²) in [6.07, 6.45) is 1.37. The first-order chi connectivity index (χ1) is 8.58. The Kier molecular flexibility index (Phi) is 3.43. The van der Waals surface area contributed by atoms with Crippen LogP contribution in [-0.4, -0.2) is 16.1 Å². The van der Waals surface area contributed by atoms with Crippen LogP contribution in [0.4, 0.5) is 4.39 Å². The lowest BCUT2D eigenvalue weighted by molar-refractivity contribution is 0.0697. The van der Waals surface area contributed by atoms with Crippen LogP contribution < -0.4 is 4.74 Å². The standard InChI is InChI=1S/C12H7ClFNO3/c13-8-6-7(12(16)17)3-4-10(8)18-11-9(14)2-1-5-15-11/h1-6H,(H,16,17). The van der Waals surface area contributed by atoms with E-state index in [0.717, 1.165) is 0 Å². The summed E-state index contributed by atoms with van der Waals surface area (Å²) in [5.41, 5.74) is 0.0221. The fraction of sp³-hybridized carbons (Fsp3) is 0. The highest BCUT2D eigenvalue weighted by Crippen LogP contribution is 2.30. The zero-order valence-electron chi connectivity index (χ0n) is 8.93. The van der Waals surface area contributed by atoms with Crippen LogP contribution in [0.1, 0.15) is 10.4 Å². The normalized spacial score (nSPS) is 10.1. The van der Waals surface area contributed by atoms with Gasteiger partial charge in [-0.25, -0.2) is 14.2 Å². The van der Waals surface area contributed by atoms with E-state index in [4.69, 9.17) is 21.4 Å². The molecule has 0 saturated carbocycles. The molecule has 0 atom stereocenters. The average molecular weight is 268 g/mol. The number of nitrogens with zero attached hydrogens (tertiary/aromatic N) is 1. The molecular weight excluding hydrogens is 261 g/mol. The van der Waals surface area contributed by atoms with Gasteiger partial charge in [0.1, 0.15) is 5.75 Å². The van der Waals surface area contributed by atoms with Crippen molar-refractivity contribution in [2.45, 2.75) is 0 Å². The number of aromatic nitrogens is 1. The maximum atomic E-state index is 13.3. The second-order valence-electron chi connectivity index (χ2n) is 3.34. The third-order valence-corrected chi connectivity index (χ3v) is 2.41. The first-order valence-electron chi connectivity index (χ1n) is 4.89. The molecule has 0 amide bonds. The largest absolute Gasteiger partial charge is 0.478 e. The number of carbonyl (C=O) groups is 1. The van der Waals surface area contributed by atoms with E-state index in [2.05, 4.69) is 4.98 Å². The van der Waals surface area contributed by atoms with E-state index in [9.17, 15) is 9.18 Å². The average Bonchev–Trinajstić information content (AvgIpc) is 2.34. The fourth-order valence-electron chi connectivity index (χ4n) is 1.27. The molecule has 1 N–H and O–H groups in total. The van der Waals surface area contributed by atoms with Crippen molar-refractivity contribution in [1.29, 1.82) is 0 Å². The smallest absolute Gasteiger partial charge is 0.335 e. The molecule has 6 heteroatoms. The Bertz CT molecular complexity index is 604. The molecule has 92 valence electrons.